The van der Waals surface area contributed by atoms with E-state index in [9.17, 15) is 10.5 Å². The van der Waals surface area contributed by atoms with Crippen LogP contribution < -0.4 is 0 Å². The number of rotatable bonds is 4. The molecule has 2 heterocycles. The van der Waals surface area contributed by atoms with E-state index in [2.05, 4.69) is 143 Å². The number of benzene rings is 7. The maximum atomic E-state index is 10.5. The average molecular weight is 611 g/mol. The summed E-state index contributed by atoms with van der Waals surface area (Å²) in [4.78, 5) is 0. The predicted octanol–water partition coefficient (Wildman–Crippen LogP) is 11.0. The van der Waals surface area contributed by atoms with Crippen molar-refractivity contribution in [3.05, 3.63) is 169 Å². The lowest BCUT2D eigenvalue weighted by atomic mass is 9.93. The van der Waals surface area contributed by atoms with Gasteiger partial charge in [0.05, 0.1) is 51.0 Å². The highest BCUT2D eigenvalue weighted by Gasteiger charge is 2.19. The van der Waals surface area contributed by atoms with Gasteiger partial charge in [-0.05, 0) is 71.3 Å². The first kappa shape index (κ1) is 27.4. The lowest BCUT2D eigenvalue weighted by Gasteiger charge is -2.17. The van der Waals surface area contributed by atoms with E-state index in [4.69, 9.17) is 0 Å². The summed E-state index contributed by atoms with van der Waals surface area (Å²) in [6.07, 6.45) is 0. The molecule has 9 aromatic rings. The Bertz CT molecular complexity index is 2710. The van der Waals surface area contributed by atoms with Gasteiger partial charge in [-0.1, -0.05) is 103 Å². The molecule has 2 aromatic heterocycles. The molecule has 0 saturated carbocycles. The fourth-order valence-corrected chi connectivity index (χ4v) is 7.36. The van der Waals surface area contributed by atoms with Gasteiger partial charge in [0.1, 0.15) is 0 Å². The largest absolute Gasteiger partial charge is 0.309 e. The molecule has 0 amide bonds. The van der Waals surface area contributed by atoms with Crippen LogP contribution in [-0.2, 0) is 0 Å². The molecule has 0 radical (unpaired) electrons. The minimum atomic E-state index is 0.586. The van der Waals surface area contributed by atoms with Crippen molar-refractivity contribution in [1.29, 1.82) is 10.5 Å². The van der Waals surface area contributed by atoms with Gasteiger partial charge in [-0.15, -0.1) is 0 Å². The highest BCUT2D eigenvalue weighted by molar-refractivity contribution is 6.10. The van der Waals surface area contributed by atoms with Crippen molar-refractivity contribution in [3.8, 4) is 45.8 Å². The van der Waals surface area contributed by atoms with E-state index in [0.717, 1.165) is 66.5 Å². The number of nitrogens with zero attached hydrogens (tertiary/aromatic N) is 4. The molecule has 0 N–H and O–H groups in total. The van der Waals surface area contributed by atoms with Crippen LogP contribution in [0.3, 0.4) is 0 Å². The zero-order chi connectivity index (χ0) is 32.2. The third-order valence-corrected chi connectivity index (χ3v) is 9.41. The van der Waals surface area contributed by atoms with Crippen molar-refractivity contribution < 1.29 is 0 Å². The van der Waals surface area contributed by atoms with E-state index < -0.39 is 0 Å². The van der Waals surface area contributed by atoms with E-state index in [1.165, 1.54) is 10.8 Å². The Morgan fingerprint density at radius 2 is 0.896 bits per heavy atom. The Kier molecular flexibility index (Phi) is 6.22. The first-order valence-corrected chi connectivity index (χ1v) is 15.9. The lowest BCUT2D eigenvalue weighted by Crippen LogP contribution is -2.00. The average Bonchev–Trinajstić information content (AvgIpc) is 3.67. The first-order valence-electron chi connectivity index (χ1n) is 15.9. The fraction of sp³-hybridized carbons (Fsp3) is 0. The van der Waals surface area contributed by atoms with E-state index >= 15 is 0 Å². The number of aromatic nitrogens is 2. The van der Waals surface area contributed by atoms with Crippen LogP contribution >= 0.6 is 0 Å². The zero-order valence-corrected chi connectivity index (χ0v) is 25.8. The van der Waals surface area contributed by atoms with Crippen LogP contribution in [0.15, 0.2) is 158 Å². The smallest absolute Gasteiger partial charge is 0.0998 e. The highest BCUT2D eigenvalue weighted by Crippen LogP contribution is 2.39. The zero-order valence-electron chi connectivity index (χ0n) is 25.8. The Balaban J connectivity index is 1.22. The molecule has 0 aliphatic heterocycles. The van der Waals surface area contributed by atoms with Crippen molar-refractivity contribution in [3.63, 3.8) is 0 Å². The summed E-state index contributed by atoms with van der Waals surface area (Å²) in [5, 5.41) is 25.5. The summed E-state index contributed by atoms with van der Waals surface area (Å²) >= 11 is 0. The number of para-hydroxylation sites is 4. The molecule has 0 atom stereocenters. The number of hydrogen-bond acceptors (Lipinski definition) is 2. The van der Waals surface area contributed by atoms with Crippen LogP contribution in [0.25, 0.3) is 77.2 Å². The third-order valence-electron chi connectivity index (χ3n) is 9.41. The van der Waals surface area contributed by atoms with Crippen LogP contribution in [0, 0.1) is 22.7 Å². The van der Waals surface area contributed by atoms with Gasteiger partial charge in [-0.2, -0.15) is 10.5 Å². The van der Waals surface area contributed by atoms with Crippen LogP contribution in [0.2, 0.25) is 0 Å². The maximum absolute atomic E-state index is 10.5. The molecule has 0 saturated heterocycles. The monoisotopic (exact) mass is 610 g/mol. The number of fused-ring (bicyclic) bond motifs is 6. The molecule has 0 bridgehead atoms. The fourth-order valence-electron chi connectivity index (χ4n) is 7.36. The molecule has 4 nitrogen and oxygen atoms in total. The highest BCUT2D eigenvalue weighted by atomic mass is 15.0. The summed E-state index contributed by atoms with van der Waals surface area (Å²) in [6.45, 7) is 0. The van der Waals surface area contributed by atoms with Gasteiger partial charge in [-0.3, -0.25) is 0 Å². The summed E-state index contributed by atoms with van der Waals surface area (Å²) in [5.74, 6) is 0. The molecule has 48 heavy (non-hydrogen) atoms. The van der Waals surface area contributed by atoms with Gasteiger partial charge in [0.15, 0.2) is 0 Å². The van der Waals surface area contributed by atoms with Crippen molar-refractivity contribution in [2.24, 2.45) is 0 Å². The normalized spacial score (nSPS) is 11.3. The quantitative estimate of drug-likeness (QED) is 0.199. The molecule has 0 fully saturated rings. The first-order chi connectivity index (χ1) is 23.7. The second-order valence-corrected chi connectivity index (χ2v) is 12.0. The van der Waals surface area contributed by atoms with E-state index in [1.54, 1.807) is 0 Å². The Labute approximate surface area is 277 Å². The van der Waals surface area contributed by atoms with Crippen molar-refractivity contribution >= 4 is 43.6 Å². The van der Waals surface area contributed by atoms with Crippen LogP contribution in [0.4, 0.5) is 0 Å². The minimum Gasteiger partial charge on any atom is -0.309 e. The standard InChI is InChI=1S/C44H26N4/c45-27-31-13-10-22-43(48-41-20-7-3-16-37(41)38-17-4-8-21-42(38)48)44(31)30-12-9-11-29(25-30)34-24-23-33(26-32(34)28-46)47-39-18-5-1-14-35(39)36-15-2-6-19-40(36)47/h1-26H. The molecule has 222 valence electrons. The Morgan fingerprint density at radius 1 is 0.396 bits per heavy atom. The predicted molar refractivity (Wildman–Crippen MR) is 195 cm³/mol. The Hall–Kier alpha value is -6.88. The summed E-state index contributed by atoms with van der Waals surface area (Å²) < 4.78 is 4.49. The van der Waals surface area contributed by atoms with E-state index in [0.29, 0.717) is 11.1 Å². The SMILES string of the molecule is N#Cc1cc(-n2c3ccccc3c3ccccc32)ccc1-c1cccc(-c2c(C#N)cccc2-n2c3ccccc3c3ccccc32)c1. The van der Waals surface area contributed by atoms with Gasteiger partial charge in [-0.25, -0.2) is 0 Å². The van der Waals surface area contributed by atoms with E-state index in [1.807, 2.05) is 36.4 Å². The van der Waals surface area contributed by atoms with Crippen LogP contribution in [-0.4, -0.2) is 9.13 Å². The van der Waals surface area contributed by atoms with Gasteiger partial charge >= 0.3 is 0 Å². The number of nitriles is 2. The van der Waals surface area contributed by atoms with Crippen LogP contribution in [0.1, 0.15) is 11.1 Å². The second kappa shape index (κ2) is 10.9. The topological polar surface area (TPSA) is 57.4 Å². The summed E-state index contributed by atoms with van der Waals surface area (Å²) in [7, 11) is 0. The maximum Gasteiger partial charge on any atom is 0.0998 e. The minimum absolute atomic E-state index is 0.586. The molecule has 0 aliphatic carbocycles. The molecule has 9 rings (SSSR count). The number of hydrogen-bond donors (Lipinski definition) is 0. The van der Waals surface area contributed by atoms with Crippen LogP contribution in [0.5, 0.6) is 0 Å². The molecular weight excluding hydrogens is 585 g/mol. The van der Waals surface area contributed by atoms with Crippen molar-refractivity contribution in [2.45, 2.75) is 0 Å². The van der Waals surface area contributed by atoms with Gasteiger partial charge in [0.25, 0.3) is 0 Å². The van der Waals surface area contributed by atoms with Gasteiger partial charge < -0.3 is 9.13 Å². The second-order valence-electron chi connectivity index (χ2n) is 12.0. The van der Waals surface area contributed by atoms with Gasteiger partial charge in [0.2, 0.25) is 0 Å². The van der Waals surface area contributed by atoms with Crippen molar-refractivity contribution in [1.82, 2.24) is 9.13 Å². The summed E-state index contributed by atoms with van der Waals surface area (Å²) in [5.41, 5.74) is 10.9. The van der Waals surface area contributed by atoms with Crippen molar-refractivity contribution in [2.75, 3.05) is 0 Å². The molecule has 0 aliphatic rings. The molecule has 0 spiro atoms. The molecule has 0 unspecified atom stereocenters. The summed E-state index contributed by atoms with van der Waals surface area (Å²) in [6, 6.07) is 58.7. The molecule has 7 aromatic carbocycles. The molecular formula is C44H26N4. The molecule has 4 heteroatoms. The lowest BCUT2D eigenvalue weighted by molar-refractivity contribution is 1.18. The van der Waals surface area contributed by atoms with Gasteiger partial charge in [0, 0.05) is 32.8 Å². The van der Waals surface area contributed by atoms with E-state index in [-0.39, 0.29) is 0 Å². The Morgan fingerprint density at radius 3 is 1.46 bits per heavy atom. The third kappa shape index (κ3) is 4.07.